The van der Waals surface area contributed by atoms with E-state index in [9.17, 15) is 9.59 Å². The van der Waals surface area contributed by atoms with Crippen molar-refractivity contribution in [2.75, 3.05) is 11.9 Å². The second kappa shape index (κ2) is 5.81. The molecule has 112 valence electrons. The van der Waals surface area contributed by atoms with E-state index in [4.69, 9.17) is 11.6 Å². The third kappa shape index (κ3) is 2.70. The van der Waals surface area contributed by atoms with Gasteiger partial charge in [0.15, 0.2) is 0 Å². The molecule has 1 N–H and O–H groups in total. The highest BCUT2D eigenvalue weighted by atomic mass is 35.5. The molecule has 0 aliphatic carbocycles. The number of rotatable bonds is 1. The highest BCUT2D eigenvalue weighted by molar-refractivity contribution is 6.30. The zero-order valence-corrected chi connectivity index (χ0v) is 12.8. The van der Waals surface area contributed by atoms with Crippen LogP contribution in [-0.2, 0) is 9.59 Å². The van der Waals surface area contributed by atoms with Crippen molar-refractivity contribution in [3.8, 4) is 0 Å². The monoisotopic (exact) mass is 314 g/mol. The van der Waals surface area contributed by atoms with Crippen LogP contribution in [0.4, 0.5) is 5.69 Å². The summed E-state index contributed by atoms with van der Waals surface area (Å²) in [6.07, 6.45) is 0. The van der Waals surface area contributed by atoms with Gasteiger partial charge in [-0.2, -0.15) is 0 Å². The average molecular weight is 315 g/mol. The van der Waals surface area contributed by atoms with E-state index in [2.05, 4.69) is 5.32 Å². The summed E-state index contributed by atoms with van der Waals surface area (Å²) in [7, 11) is 0. The normalized spacial score (nSPS) is 17.5. The SMILES string of the molecule is CC(=O)N1CC(=O)Nc2ccc(Cl)cc2[C@H]1c1ccccc1. The lowest BCUT2D eigenvalue weighted by atomic mass is 9.96. The summed E-state index contributed by atoms with van der Waals surface area (Å²) in [5, 5.41) is 3.41. The van der Waals surface area contributed by atoms with Crippen LogP contribution < -0.4 is 5.32 Å². The maximum absolute atomic E-state index is 12.1. The maximum atomic E-state index is 12.1. The van der Waals surface area contributed by atoms with Gasteiger partial charge in [-0.05, 0) is 23.8 Å². The molecule has 0 fully saturated rings. The van der Waals surface area contributed by atoms with Crippen LogP contribution in [0.3, 0.4) is 0 Å². The fraction of sp³-hybridized carbons (Fsp3) is 0.176. The standard InChI is InChI=1S/C17H15ClN2O2/c1-11(21)20-10-16(22)19-15-8-7-13(18)9-14(15)17(20)12-5-3-2-4-6-12/h2-9,17H,10H2,1H3,(H,19,22)/t17-/m1/s1. The zero-order chi connectivity index (χ0) is 15.7. The molecule has 1 aliphatic heterocycles. The summed E-state index contributed by atoms with van der Waals surface area (Å²) >= 11 is 6.13. The van der Waals surface area contributed by atoms with Gasteiger partial charge in [0, 0.05) is 23.2 Å². The molecule has 0 aromatic heterocycles. The Kier molecular flexibility index (Phi) is 3.86. The molecule has 1 heterocycles. The van der Waals surface area contributed by atoms with Crippen molar-refractivity contribution in [3.05, 3.63) is 64.7 Å². The first-order valence-electron chi connectivity index (χ1n) is 6.97. The quantitative estimate of drug-likeness (QED) is 0.878. The van der Waals surface area contributed by atoms with Gasteiger partial charge in [-0.25, -0.2) is 0 Å². The van der Waals surface area contributed by atoms with E-state index in [-0.39, 0.29) is 24.4 Å². The first kappa shape index (κ1) is 14.6. The molecule has 0 saturated carbocycles. The third-order valence-electron chi connectivity index (χ3n) is 3.73. The number of fused-ring (bicyclic) bond motifs is 1. The van der Waals surface area contributed by atoms with Crippen LogP contribution in [0.2, 0.25) is 5.02 Å². The Balaban J connectivity index is 2.22. The minimum Gasteiger partial charge on any atom is -0.324 e. The highest BCUT2D eigenvalue weighted by Gasteiger charge is 2.31. The lowest BCUT2D eigenvalue weighted by molar-refractivity contribution is -0.134. The average Bonchev–Trinajstić information content (AvgIpc) is 2.64. The molecular weight excluding hydrogens is 300 g/mol. The van der Waals surface area contributed by atoms with Crippen molar-refractivity contribution in [2.45, 2.75) is 13.0 Å². The van der Waals surface area contributed by atoms with Gasteiger partial charge in [0.05, 0.1) is 6.04 Å². The van der Waals surface area contributed by atoms with Gasteiger partial charge in [-0.3, -0.25) is 9.59 Å². The molecule has 4 nitrogen and oxygen atoms in total. The van der Waals surface area contributed by atoms with Crippen LogP contribution in [0.15, 0.2) is 48.5 Å². The molecule has 0 unspecified atom stereocenters. The highest BCUT2D eigenvalue weighted by Crippen LogP contribution is 2.37. The Morgan fingerprint density at radius 3 is 2.64 bits per heavy atom. The summed E-state index contributed by atoms with van der Waals surface area (Å²) in [6.45, 7) is 1.49. The van der Waals surface area contributed by atoms with Gasteiger partial charge in [0.1, 0.15) is 6.54 Å². The van der Waals surface area contributed by atoms with Crippen LogP contribution in [0.1, 0.15) is 24.1 Å². The second-order valence-corrected chi connectivity index (χ2v) is 5.68. The molecular formula is C17H15ClN2O2. The predicted octanol–water partition coefficient (Wildman–Crippen LogP) is 3.23. The van der Waals surface area contributed by atoms with Crippen LogP contribution in [0, 0.1) is 0 Å². The number of anilines is 1. The number of hydrogen-bond acceptors (Lipinski definition) is 2. The van der Waals surface area contributed by atoms with E-state index in [1.165, 1.54) is 6.92 Å². The number of carbonyl (C=O) groups excluding carboxylic acids is 2. The maximum Gasteiger partial charge on any atom is 0.244 e. The zero-order valence-electron chi connectivity index (χ0n) is 12.0. The van der Waals surface area contributed by atoms with E-state index in [1.54, 1.807) is 23.1 Å². The number of hydrogen-bond donors (Lipinski definition) is 1. The first-order valence-corrected chi connectivity index (χ1v) is 7.35. The van der Waals surface area contributed by atoms with Crippen LogP contribution in [0.25, 0.3) is 0 Å². The molecule has 3 rings (SSSR count). The smallest absolute Gasteiger partial charge is 0.244 e. The van der Waals surface area contributed by atoms with Crippen molar-refractivity contribution in [3.63, 3.8) is 0 Å². The van der Waals surface area contributed by atoms with Crippen molar-refractivity contribution in [1.29, 1.82) is 0 Å². The Labute approximate surface area is 133 Å². The molecule has 2 aromatic carbocycles. The lowest BCUT2D eigenvalue weighted by Crippen LogP contribution is -2.37. The third-order valence-corrected chi connectivity index (χ3v) is 3.96. The van der Waals surface area contributed by atoms with Crippen LogP contribution in [-0.4, -0.2) is 23.3 Å². The Hall–Kier alpha value is -2.33. The summed E-state index contributed by atoms with van der Waals surface area (Å²) in [5.74, 6) is -0.367. The topological polar surface area (TPSA) is 49.4 Å². The van der Waals surface area contributed by atoms with E-state index in [0.717, 1.165) is 11.1 Å². The minimum absolute atomic E-state index is 0.0151. The fourth-order valence-corrected chi connectivity index (χ4v) is 2.95. The molecule has 0 radical (unpaired) electrons. The number of benzene rings is 2. The molecule has 1 aliphatic rings. The molecule has 0 bridgehead atoms. The fourth-order valence-electron chi connectivity index (χ4n) is 2.77. The summed E-state index contributed by atoms with van der Waals surface area (Å²) < 4.78 is 0. The lowest BCUT2D eigenvalue weighted by Gasteiger charge is -2.29. The van der Waals surface area contributed by atoms with E-state index in [1.807, 2.05) is 30.3 Å². The molecule has 2 amide bonds. The van der Waals surface area contributed by atoms with Gasteiger partial charge >= 0.3 is 0 Å². The predicted molar refractivity (Wildman–Crippen MR) is 85.8 cm³/mol. The molecule has 22 heavy (non-hydrogen) atoms. The van der Waals surface area contributed by atoms with Crippen molar-refractivity contribution in [2.24, 2.45) is 0 Å². The largest absolute Gasteiger partial charge is 0.324 e. The Morgan fingerprint density at radius 1 is 1.23 bits per heavy atom. The van der Waals surface area contributed by atoms with Gasteiger partial charge in [0.25, 0.3) is 0 Å². The van der Waals surface area contributed by atoms with Crippen molar-refractivity contribution in [1.82, 2.24) is 4.90 Å². The molecule has 0 spiro atoms. The summed E-state index contributed by atoms with van der Waals surface area (Å²) in [4.78, 5) is 25.7. The van der Waals surface area contributed by atoms with E-state index < -0.39 is 0 Å². The van der Waals surface area contributed by atoms with Gasteiger partial charge in [-0.1, -0.05) is 41.9 Å². The summed E-state index contributed by atoms with van der Waals surface area (Å²) in [5.41, 5.74) is 2.45. The minimum atomic E-state index is -0.341. The van der Waals surface area contributed by atoms with Gasteiger partial charge < -0.3 is 10.2 Å². The molecule has 0 saturated heterocycles. The van der Waals surface area contributed by atoms with E-state index in [0.29, 0.717) is 10.7 Å². The molecule has 5 heteroatoms. The Bertz CT molecular complexity index is 731. The number of amides is 2. The van der Waals surface area contributed by atoms with E-state index >= 15 is 0 Å². The Morgan fingerprint density at radius 2 is 1.95 bits per heavy atom. The second-order valence-electron chi connectivity index (χ2n) is 5.24. The van der Waals surface area contributed by atoms with Crippen LogP contribution in [0.5, 0.6) is 0 Å². The molecule has 1 atom stereocenters. The van der Waals surface area contributed by atoms with Crippen LogP contribution >= 0.6 is 11.6 Å². The van der Waals surface area contributed by atoms with Gasteiger partial charge in [-0.15, -0.1) is 0 Å². The number of carbonyl (C=O) groups is 2. The molecule has 2 aromatic rings. The first-order chi connectivity index (χ1) is 10.6. The summed E-state index contributed by atoms with van der Waals surface area (Å²) in [6, 6.07) is 14.6. The number of nitrogens with zero attached hydrogens (tertiary/aromatic N) is 1. The number of nitrogens with one attached hydrogen (secondary N) is 1. The van der Waals surface area contributed by atoms with Crippen molar-refractivity contribution < 1.29 is 9.59 Å². The van der Waals surface area contributed by atoms with Gasteiger partial charge in [0.2, 0.25) is 11.8 Å². The van der Waals surface area contributed by atoms with Crippen molar-refractivity contribution >= 4 is 29.1 Å². The number of halogens is 1.